The van der Waals surface area contributed by atoms with Crippen LogP contribution in [-0.2, 0) is 23.1 Å². The summed E-state index contributed by atoms with van der Waals surface area (Å²) in [4.78, 5) is 31.2. The maximum Gasteiger partial charge on any atom is 0.416 e. The third-order valence-corrected chi connectivity index (χ3v) is 7.50. The Labute approximate surface area is 243 Å². The molecule has 6 rings (SSSR count). The summed E-state index contributed by atoms with van der Waals surface area (Å²) in [5.74, 6) is -1.25. The lowest BCUT2D eigenvalue weighted by atomic mass is 9.76. The van der Waals surface area contributed by atoms with Crippen molar-refractivity contribution in [1.82, 2.24) is 14.1 Å². The van der Waals surface area contributed by atoms with Gasteiger partial charge in [-0.15, -0.1) is 0 Å². The molecule has 2 heterocycles. The van der Waals surface area contributed by atoms with Crippen molar-refractivity contribution in [3.63, 3.8) is 0 Å². The van der Waals surface area contributed by atoms with E-state index in [4.69, 9.17) is 0 Å². The van der Waals surface area contributed by atoms with Crippen LogP contribution in [-0.4, -0.2) is 25.2 Å². The topological polar surface area (TPSA) is 77.1 Å². The minimum absolute atomic E-state index is 0.175. The maximum absolute atomic E-state index is 14.5. The van der Waals surface area contributed by atoms with E-state index in [1.165, 1.54) is 29.0 Å². The quantitative estimate of drug-likeness (QED) is 0.211. The van der Waals surface area contributed by atoms with Crippen molar-refractivity contribution < 1.29 is 23.1 Å². The van der Waals surface area contributed by atoms with E-state index in [0.717, 1.165) is 33.4 Å². The standard InChI is InChI=1S/C34H24F3N3O3/c35-34(36,37)28-18-10-11-23(19-28)24-20-29-31(38-21-24)40(32(43)39(29)22-30(41)42)33(25-12-4-1-5-13-25,26-14-6-2-7-15-26)27-16-8-3-9-17-27/h1-21H,22H2,(H,41,42). The van der Waals surface area contributed by atoms with Crippen LogP contribution in [0.5, 0.6) is 0 Å². The van der Waals surface area contributed by atoms with Crippen LogP contribution >= 0.6 is 0 Å². The number of aliphatic carboxylic acids is 1. The predicted molar refractivity (Wildman–Crippen MR) is 157 cm³/mol. The Kier molecular flexibility index (Phi) is 6.93. The minimum atomic E-state index is -4.55. The second-order valence-electron chi connectivity index (χ2n) is 10.1. The number of fused-ring (bicyclic) bond motifs is 1. The lowest BCUT2D eigenvalue weighted by molar-refractivity contribution is -0.138. The van der Waals surface area contributed by atoms with Gasteiger partial charge in [0.05, 0.1) is 11.1 Å². The molecule has 9 heteroatoms. The van der Waals surface area contributed by atoms with Gasteiger partial charge in [-0.2, -0.15) is 13.2 Å². The van der Waals surface area contributed by atoms with Crippen molar-refractivity contribution >= 4 is 17.1 Å². The molecule has 6 aromatic rings. The second kappa shape index (κ2) is 10.8. The smallest absolute Gasteiger partial charge is 0.416 e. The zero-order chi connectivity index (χ0) is 30.2. The van der Waals surface area contributed by atoms with Gasteiger partial charge in [0.15, 0.2) is 5.65 Å². The van der Waals surface area contributed by atoms with E-state index in [2.05, 4.69) is 4.98 Å². The Hall–Kier alpha value is -5.44. The molecule has 0 aliphatic rings. The highest BCUT2D eigenvalue weighted by molar-refractivity contribution is 5.81. The molecule has 2 aromatic heterocycles. The highest BCUT2D eigenvalue weighted by Gasteiger charge is 2.42. The van der Waals surface area contributed by atoms with E-state index < -0.39 is 35.5 Å². The fourth-order valence-electron chi connectivity index (χ4n) is 5.68. The second-order valence-corrected chi connectivity index (χ2v) is 10.1. The van der Waals surface area contributed by atoms with Gasteiger partial charge >= 0.3 is 17.8 Å². The van der Waals surface area contributed by atoms with E-state index in [1.54, 1.807) is 0 Å². The molecule has 0 aliphatic heterocycles. The molecular weight excluding hydrogens is 555 g/mol. The molecule has 0 bridgehead atoms. The van der Waals surface area contributed by atoms with E-state index in [9.17, 15) is 27.9 Å². The van der Waals surface area contributed by atoms with E-state index in [1.807, 2.05) is 91.0 Å². The van der Waals surface area contributed by atoms with Gasteiger partial charge in [0.1, 0.15) is 12.1 Å². The summed E-state index contributed by atoms with van der Waals surface area (Å²) < 4.78 is 43.0. The molecule has 0 spiro atoms. The number of benzene rings is 4. The molecule has 0 fully saturated rings. The first-order valence-corrected chi connectivity index (χ1v) is 13.4. The first-order valence-electron chi connectivity index (χ1n) is 13.4. The number of nitrogens with zero attached hydrogens (tertiary/aromatic N) is 3. The van der Waals surface area contributed by atoms with Crippen molar-refractivity contribution in [2.75, 3.05) is 0 Å². The first-order chi connectivity index (χ1) is 20.7. The SMILES string of the molecule is O=C(O)Cn1c(=O)n(C(c2ccccc2)(c2ccccc2)c2ccccc2)c2ncc(-c3cccc(C(F)(F)F)c3)cc21. The molecule has 43 heavy (non-hydrogen) atoms. The van der Waals surface area contributed by atoms with Gasteiger partial charge in [0.2, 0.25) is 0 Å². The van der Waals surface area contributed by atoms with Gasteiger partial charge < -0.3 is 5.11 Å². The lowest BCUT2D eigenvalue weighted by Crippen LogP contribution is -2.45. The average molecular weight is 580 g/mol. The molecule has 214 valence electrons. The number of hydrogen-bond acceptors (Lipinski definition) is 3. The van der Waals surface area contributed by atoms with Gasteiger partial charge in [0, 0.05) is 11.8 Å². The van der Waals surface area contributed by atoms with Crippen molar-refractivity contribution in [2.24, 2.45) is 0 Å². The minimum Gasteiger partial charge on any atom is -0.480 e. The summed E-state index contributed by atoms with van der Waals surface area (Å²) in [7, 11) is 0. The summed E-state index contributed by atoms with van der Waals surface area (Å²) in [6.07, 6.45) is -3.15. The van der Waals surface area contributed by atoms with E-state index >= 15 is 0 Å². The molecule has 6 nitrogen and oxygen atoms in total. The fraction of sp³-hybridized carbons (Fsp3) is 0.0882. The van der Waals surface area contributed by atoms with E-state index in [0.29, 0.717) is 5.56 Å². The van der Waals surface area contributed by atoms with Crippen LogP contribution in [0.4, 0.5) is 13.2 Å². The van der Waals surface area contributed by atoms with Gasteiger partial charge in [-0.25, -0.2) is 9.78 Å². The van der Waals surface area contributed by atoms with Crippen molar-refractivity contribution in [1.29, 1.82) is 0 Å². The highest BCUT2D eigenvalue weighted by Crippen LogP contribution is 2.42. The zero-order valence-electron chi connectivity index (χ0n) is 22.6. The third-order valence-electron chi connectivity index (χ3n) is 7.50. The van der Waals surface area contributed by atoms with Crippen molar-refractivity contribution in [3.8, 4) is 11.1 Å². The fourth-order valence-corrected chi connectivity index (χ4v) is 5.68. The molecular formula is C34H24F3N3O3. The van der Waals surface area contributed by atoms with Crippen LogP contribution in [0.25, 0.3) is 22.3 Å². The van der Waals surface area contributed by atoms with Crippen molar-refractivity contribution in [2.45, 2.75) is 18.3 Å². The number of rotatable bonds is 7. The Morgan fingerprint density at radius 3 is 1.70 bits per heavy atom. The Bertz CT molecular complexity index is 1890. The number of carboxylic acid groups (broad SMARTS) is 1. The van der Waals surface area contributed by atoms with Crippen LogP contribution in [0, 0.1) is 0 Å². The number of pyridine rings is 1. The number of aromatic nitrogens is 3. The summed E-state index contributed by atoms with van der Waals surface area (Å²) in [5.41, 5.74) is 0.324. The van der Waals surface area contributed by atoms with Gasteiger partial charge in [-0.3, -0.25) is 13.9 Å². The summed E-state index contributed by atoms with van der Waals surface area (Å²) in [6.45, 7) is -0.676. The van der Waals surface area contributed by atoms with Crippen LogP contribution in [0.1, 0.15) is 22.3 Å². The monoisotopic (exact) mass is 579 g/mol. The molecule has 0 radical (unpaired) electrons. The molecule has 0 atom stereocenters. The van der Waals surface area contributed by atoms with Gasteiger partial charge in [-0.1, -0.05) is 103 Å². The number of carbonyl (C=O) groups is 1. The summed E-state index contributed by atoms with van der Waals surface area (Å²) in [5, 5.41) is 9.81. The maximum atomic E-state index is 14.5. The summed E-state index contributed by atoms with van der Waals surface area (Å²) in [6, 6.07) is 34.4. The number of alkyl halides is 3. The van der Waals surface area contributed by atoms with Crippen LogP contribution in [0.15, 0.2) is 132 Å². The largest absolute Gasteiger partial charge is 0.480 e. The van der Waals surface area contributed by atoms with Crippen LogP contribution < -0.4 is 5.69 Å². The molecule has 0 aliphatic carbocycles. The molecule has 4 aromatic carbocycles. The normalized spacial score (nSPS) is 12.0. The number of carboxylic acids is 1. The Morgan fingerprint density at radius 2 is 1.21 bits per heavy atom. The van der Waals surface area contributed by atoms with Gasteiger partial charge in [-0.05, 0) is 40.5 Å². The molecule has 0 saturated heterocycles. The first kappa shape index (κ1) is 27.7. The lowest BCUT2D eigenvalue weighted by Gasteiger charge is -2.37. The molecule has 0 saturated carbocycles. The Balaban J connectivity index is 1.74. The number of halogens is 3. The van der Waals surface area contributed by atoms with Crippen LogP contribution in [0.3, 0.4) is 0 Å². The molecule has 1 N–H and O–H groups in total. The number of hydrogen-bond donors (Lipinski definition) is 1. The zero-order valence-corrected chi connectivity index (χ0v) is 22.6. The average Bonchev–Trinajstić information content (AvgIpc) is 3.29. The number of imidazole rings is 1. The Morgan fingerprint density at radius 1 is 0.698 bits per heavy atom. The summed E-state index contributed by atoms with van der Waals surface area (Å²) >= 11 is 0. The molecule has 0 amide bonds. The highest BCUT2D eigenvalue weighted by atomic mass is 19.4. The van der Waals surface area contributed by atoms with Gasteiger partial charge in [0.25, 0.3) is 0 Å². The van der Waals surface area contributed by atoms with Crippen LogP contribution in [0.2, 0.25) is 0 Å². The third kappa shape index (κ3) is 4.78. The van der Waals surface area contributed by atoms with E-state index in [-0.39, 0.29) is 16.7 Å². The van der Waals surface area contributed by atoms with Crippen molar-refractivity contribution in [3.05, 3.63) is 160 Å². The predicted octanol–water partition coefficient (Wildman–Crippen LogP) is 6.81. The molecule has 0 unspecified atom stereocenters.